The lowest BCUT2D eigenvalue weighted by Crippen LogP contribution is -2.17. The Labute approximate surface area is 124 Å². The minimum atomic E-state index is -0.193. The topological polar surface area (TPSA) is 85.6 Å². The monoisotopic (exact) mass is 300 g/mol. The van der Waals surface area contributed by atoms with Crippen LogP contribution in [0.5, 0.6) is 0 Å². The van der Waals surface area contributed by atoms with Gasteiger partial charge in [0.2, 0.25) is 5.91 Å². The highest BCUT2D eigenvalue weighted by Crippen LogP contribution is 2.24. The van der Waals surface area contributed by atoms with E-state index in [0.717, 1.165) is 11.3 Å². The smallest absolute Gasteiger partial charge is 0.233 e. The third-order valence-electron chi connectivity index (χ3n) is 2.85. The van der Waals surface area contributed by atoms with Crippen LogP contribution in [0, 0.1) is 0 Å². The van der Waals surface area contributed by atoms with Crippen LogP contribution in [0.2, 0.25) is 0 Å². The molecule has 0 aliphatic rings. The molecule has 7 nitrogen and oxygen atoms in total. The van der Waals surface area contributed by atoms with E-state index >= 15 is 0 Å². The molecular formula is C13H12N6OS. The summed E-state index contributed by atoms with van der Waals surface area (Å²) in [7, 11) is 1.69. The molecule has 1 N–H and O–H groups in total. The molecule has 0 aliphatic heterocycles. The molecule has 1 aromatic carbocycles. The van der Waals surface area contributed by atoms with Crippen LogP contribution in [0.4, 0.5) is 5.13 Å². The van der Waals surface area contributed by atoms with Gasteiger partial charge < -0.3 is 5.32 Å². The second-order valence-corrected chi connectivity index (χ2v) is 5.21. The summed E-state index contributed by atoms with van der Waals surface area (Å²) in [6.07, 6.45) is 0.115. The van der Waals surface area contributed by atoms with E-state index in [2.05, 4.69) is 25.8 Å². The van der Waals surface area contributed by atoms with Gasteiger partial charge in [0, 0.05) is 18.0 Å². The van der Waals surface area contributed by atoms with Gasteiger partial charge in [-0.25, -0.2) is 9.67 Å². The molecule has 0 atom stereocenters. The van der Waals surface area contributed by atoms with Gasteiger partial charge in [0.05, 0.1) is 12.1 Å². The van der Waals surface area contributed by atoms with Gasteiger partial charge in [-0.2, -0.15) is 0 Å². The van der Waals surface area contributed by atoms with E-state index in [1.165, 1.54) is 16.0 Å². The lowest BCUT2D eigenvalue weighted by molar-refractivity contribution is -0.115. The van der Waals surface area contributed by atoms with Crippen molar-refractivity contribution in [3.05, 3.63) is 41.5 Å². The molecule has 106 valence electrons. The number of aromatic nitrogens is 5. The van der Waals surface area contributed by atoms with Crippen LogP contribution >= 0.6 is 11.3 Å². The van der Waals surface area contributed by atoms with Crippen LogP contribution in [0.25, 0.3) is 11.3 Å². The van der Waals surface area contributed by atoms with E-state index in [1.54, 1.807) is 7.05 Å². The van der Waals surface area contributed by atoms with E-state index in [9.17, 15) is 4.79 Å². The molecule has 3 aromatic rings. The van der Waals surface area contributed by atoms with Crippen LogP contribution in [-0.2, 0) is 18.3 Å². The van der Waals surface area contributed by atoms with Crippen LogP contribution in [0.3, 0.4) is 0 Å². The number of rotatable bonds is 4. The zero-order valence-electron chi connectivity index (χ0n) is 11.2. The number of nitrogens with one attached hydrogen (secondary N) is 1. The first-order chi connectivity index (χ1) is 10.2. The van der Waals surface area contributed by atoms with Crippen molar-refractivity contribution in [2.45, 2.75) is 6.42 Å². The van der Waals surface area contributed by atoms with Crippen molar-refractivity contribution >= 4 is 22.4 Å². The lowest BCUT2D eigenvalue weighted by Gasteiger charge is -2.00. The lowest BCUT2D eigenvalue weighted by atomic mass is 10.2. The zero-order valence-corrected chi connectivity index (χ0v) is 12.0. The molecule has 0 spiro atoms. The second kappa shape index (κ2) is 5.80. The summed E-state index contributed by atoms with van der Waals surface area (Å²) < 4.78 is 1.47. The molecule has 2 aromatic heterocycles. The van der Waals surface area contributed by atoms with Crippen molar-refractivity contribution in [2.24, 2.45) is 7.05 Å². The van der Waals surface area contributed by atoms with Crippen molar-refractivity contribution in [3.63, 3.8) is 0 Å². The summed E-state index contributed by atoms with van der Waals surface area (Å²) in [4.78, 5) is 16.3. The SMILES string of the molecule is Cn1nnnc1CC(=O)Nc1nc(-c2ccccc2)cs1. The predicted octanol–water partition coefficient (Wildman–Crippen LogP) is 1.51. The number of aryl methyl sites for hydroxylation is 1. The molecule has 8 heteroatoms. The number of amides is 1. The van der Waals surface area contributed by atoms with Crippen molar-refractivity contribution in [1.29, 1.82) is 0 Å². The van der Waals surface area contributed by atoms with Gasteiger partial charge in [-0.15, -0.1) is 16.4 Å². The molecule has 0 saturated heterocycles. The average molecular weight is 300 g/mol. The summed E-state index contributed by atoms with van der Waals surface area (Å²) in [5.74, 6) is 0.314. The minimum Gasteiger partial charge on any atom is -0.302 e. The number of hydrogen-bond donors (Lipinski definition) is 1. The Kier molecular flexibility index (Phi) is 3.69. The molecule has 0 radical (unpaired) electrons. The molecule has 2 heterocycles. The largest absolute Gasteiger partial charge is 0.302 e. The van der Waals surface area contributed by atoms with Crippen LogP contribution in [0.1, 0.15) is 5.82 Å². The highest BCUT2D eigenvalue weighted by Gasteiger charge is 2.11. The molecule has 0 bridgehead atoms. The van der Waals surface area contributed by atoms with E-state index in [0.29, 0.717) is 11.0 Å². The number of carbonyl (C=O) groups is 1. The molecule has 0 saturated carbocycles. The Morgan fingerprint density at radius 1 is 1.33 bits per heavy atom. The Hall–Kier alpha value is -2.61. The normalized spacial score (nSPS) is 10.5. The van der Waals surface area contributed by atoms with Crippen LogP contribution in [-0.4, -0.2) is 31.1 Å². The first kappa shape index (κ1) is 13.4. The first-order valence-electron chi connectivity index (χ1n) is 6.24. The maximum atomic E-state index is 11.9. The highest BCUT2D eigenvalue weighted by molar-refractivity contribution is 7.14. The van der Waals surface area contributed by atoms with E-state index in [-0.39, 0.29) is 12.3 Å². The fraction of sp³-hybridized carbons (Fsp3) is 0.154. The van der Waals surface area contributed by atoms with Crippen molar-refractivity contribution < 1.29 is 4.79 Å². The van der Waals surface area contributed by atoms with Gasteiger partial charge in [-0.05, 0) is 10.4 Å². The van der Waals surface area contributed by atoms with Crippen molar-refractivity contribution in [1.82, 2.24) is 25.2 Å². The van der Waals surface area contributed by atoms with E-state index in [4.69, 9.17) is 0 Å². The fourth-order valence-electron chi connectivity index (χ4n) is 1.78. The van der Waals surface area contributed by atoms with Gasteiger partial charge in [-0.3, -0.25) is 4.79 Å². The summed E-state index contributed by atoms with van der Waals surface area (Å²) >= 11 is 1.39. The average Bonchev–Trinajstić information content (AvgIpc) is 3.10. The number of tetrazole rings is 1. The second-order valence-electron chi connectivity index (χ2n) is 4.35. The number of hydrogen-bond acceptors (Lipinski definition) is 6. The minimum absolute atomic E-state index is 0.115. The molecule has 1 amide bonds. The van der Waals surface area contributed by atoms with Gasteiger partial charge in [0.1, 0.15) is 0 Å². The summed E-state index contributed by atoms with van der Waals surface area (Å²) in [5.41, 5.74) is 1.86. The number of anilines is 1. The van der Waals surface area contributed by atoms with Crippen LogP contribution < -0.4 is 5.32 Å². The molecular weight excluding hydrogens is 288 g/mol. The fourth-order valence-corrected chi connectivity index (χ4v) is 2.51. The van der Waals surface area contributed by atoms with E-state index in [1.807, 2.05) is 35.7 Å². The Morgan fingerprint density at radius 2 is 2.14 bits per heavy atom. The third-order valence-corrected chi connectivity index (χ3v) is 3.60. The summed E-state index contributed by atoms with van der Waals surface area (Å²) in [6.45, 7) is 0. The molecule has 21 heavy (non-hydrogen) atoms. The summed E-state index contributed by atoms with van der Waals surface area (Å²) in [5, 5.41) is 16.2. The Balaban J connectivity index is 1.67. The van der Waals surface area contributed by atoms with Crippen molar-refractivity contribution in [2.75, 3.05) is 5.32 Å². The number of carbonyl (C=O) groups excluding carboxylic acids is 1. The van der Waals surface area contributed by atoms with Gasteiger partial charge >= 0.3 is 0 Å². The standard InChI is InChI=1S/C13H12N6OS/c1-19-11(16-17-18-19)7-12(20)15-13-14-10(8-21-13)9-5-3-2-4-6-9/h2-6,8H,7H2,1H3,(H,14,15,20). The molecule has 3 rings (SSSR count). The van der Waals surface area contributed by atoms with Gasteiger partial charge in [0.15, 0.2) is 11.0 Å². The zero-order chi connectivity index (χ0) is 14.7. The summed E-state index contributed by atoms with van der Waals surface area (Å²) in [6, 6.07) is 9.81. The third kappa shape index (κ3) is 3.11. The molecule has 0 unspecified atom stereocenters. The van der Waals surface area contributed by atoms with Crippen molar-refractivity contribution in [3.8, 4) is 11.3 Å². The quantitative estimate of drug-likeness (QED) is 0.789. The number of thiazole rings is 1. The predicted molar refractivity (Wildman–Crippen MR) is 78.7 cm³/mol. The number of nitrogens with zero attached hydrogens (tertiary/aromatic N) is 5. The Bertz CT molecular complexity index is 751. The van der Waals surface area contributed by atoms with E-state index < -0.39 is 0 Å². The van der Waals surface area contributed by atoms with Gasteiger partial charge in [0.25, 0.3) is 0 Å². The maximum absolute atomic E-state index is 11.9. The maximum Gasteiger partial charge on any atom is 0.233 e. The first-order valence-corrected chi connectivity index (χ1v) is 7.12. The van der Waals surface area contributed by atoms with Crippen LogP contribution in [0.15, 0.2) is 35.7 Å². The molecule has 0 aliphatic carbocycles. The molecule has 0 fully saturated rings. The Morgan fingerprint density at radius 3 is 2.86 bits per heavy atom. The number of benzene rings is 1. The van der Waals surface area contributed by atoms with Gasteiger partial charge in [-0.1, -0.05) is 30.3 Å². The highest BCUT2D eigenvalue weighted by atomic mass is 32.1.